The summed E-state index contributed by atoms with van der Waals surface area (Å²) in [6.07, 6.45) is 0. The van der Waals surface area contributed by atoms with Gasteiger partial charge in [0.25, 0.3) is 0 Å². The quantitative estimate of drug-likeness (QED) is 0.715. The molecule has 1 aromatic rings. The molecule has 1 heterocycles. The number of hydrogen-bond donors (Lipinski definition) is 3. The second-order valence-corrected chi connectivity index (χ2v) is 5.10. The van der Waals surface area contributed by atoms with Gasteiger partial charge in [0.2, 0.25) is 0 Å². The Hall–Kier alpha value is -0.540. The molecule has 0 saturated carbocycles. The summed E-state index contributed by atoms with van der Waals surface area (Å²) >= 11 is 1.75. The maximum atomic E-state index is 8.74. The van der Waals surface area contributed by atoms with Crippen LogP contribution in [0.1, 0.15) is 30.5 Å². The third-order valence-electron chi connectivity index (χ3n) is 1.42. The Morgan fingerprint density at radius 2 is 2.00 bits per heavy atom. The first-order valence-corrected chi connectivity index (χ1v) is 6.80. The highest BCUT2D eigenvalue weighted by atomic mass is 32.3. The summed E-state index contributed by atoms with van der Waals surface area (Å²) in [6.45, 7) is 5.22. The number of nitrogens with zero attached hydrogens (tertiary/aromatic N) is 1. The molecule has 94 valence electrons. The zero-order valence-corrected chi connectivity index (χ0v) is 11.0. The van der Waals surface area contributed by atoms with Gasteiger partial charge >= 0.3 is 10.4 Å². The van der Waals surface area contributed by atoms with Crippen molar-refractivity contribution < 1.29 is 17.5 Å². The van der Waals surface area contributed by atoms with E-state index in [0.29, 0.717) is 5.92 Å². The summed E-state index contributed by atoms with van der Waals surface area (Å²) in [5, 5.41) is 6.43. The summed E-state index contributed by atoms with van der Waals surface area (Å²) in [6, 6.07) is 0. The van der Waals surface area contributed by atoms with Gasteiger partial charge in [0, 0.05) is 17.8 Å². The molecule has 1 aromatic heterocycles. The van der Waals surface area contributed by atoms with Gasteiger partial charge < -0.3 is 5.32 Å². The van der Waals surface area contributed by atoms with Gasteiger partial charge in [0.05, 0.1) is 10.7 Å². The second-order valence-electron chi connectivity index (χ2n) is 3.31. The van der Waals surface area contributed by atoms with Crippen molar-refractivity contribution in [1.29, 1.82) is 0 Å². The molecule has 0 unspecified atom stereocenters. The van der Waals surface area contributed by atoms with Crippen LogP contribution in [0.2, 0.25) is 0 Å². The van der Waals surface area contributed by atoms with Crippen LogP contribution in [0.25, 0.3) is 0 Å². The van der Waals surface area contributed by atoms with Crippen LogP contribution in [0.15, 0.2) is 5.38 Å². The van der Waals surface area contributed by atoms with E-state index < -0.39 is 10.4 Å². The van der Waals surface area contributed by atoms with Gasteiger partial charge in [-0.05, 0) is 7.05 Å². The maximum absolute atomic E-state index is 8.74. The van der Waals surface area contributed by atoms with Crippen LogP contribution in [-0.2, 0) is 16.9 Å². The summed E-state index contributed by atoms with van der Waals surface area (Å²) < 4.78 is 31.6. The monoisotopic (exact) mass is 268 g/mol. The highest BCUT2D eigenvalue weighted by Gasteiger charge is 2.03. The fourth-order valence-corrected chi connectivity index (χ4v) is 1.69. The van der Waals surface area contributed by atoms with E-state index in [0.717, 1.165) is 12.2 Å². The Kier molecular flexibility index (Phi) is 6.68. The summed E-state index contributed by atoms with van der Waals surface area (Å²) in [5.74, 6) is 0.561. The Balaban J connectivity index is 0.000000385. The molecule has 0 aliphatic heterocycles. The highest BCUT2D eigenvalue weighted by Crippen LogP contribution is 2.18. The lowest BCUT2D eigenvalue weighted by atomic mass is 10.2. The average Bonchev–Trinajstić information content (AvgIpc) is 2.50. The molecule has 1 rings (SSSR count). The van der Waals surface area contributed by atoms with Crippen LogP contribution >= 0.6 is 11.3 Å². The van der Waals surface area contributed by atoms with Crippen LogP contribution in [-0.4, -0.2) is 29.6 Å². The first kappa shape index (κ1) is 15.5. The topological polar surface area (TPSA) is 99.5 Å². The van der Waals surface area contributed by atoms with Crippen molar-refractivity contribution in [3.63, 3.8) is 0 Å². The van der Waals surface area contributed by atoms with E-state index in [1.54, 1.807) is 11.3 Å². The predicted molar refractivity (Wildman–Crippen MR) is 63.1 cm³/mol. The molecule has 0 aliphatic carbocycles. The van der Waals surface area contributed by atoms with Crippen molar-refractivity contribution in [2.24, 2.45) is 0 Å². The lowest BCUT2D eigenvalue weighted by molar-refractivity contribution is 0.381. The SMILES string of the molecule is CNCc1csc(C(C)C)n1.O=S(=O)(O)O. The van der Waals surface area contributed by atoms with E-state index in [1.807, 2.05) is 7.05 Å². The van der Waals surface area contributed by atoms with E-state index in [1.165, 1.54) is 5.01 Å². The third-order valence-corrected chi connectivity index (χ3v) is 2.62. The molecule has 0 amide bonds. The van der Waals surface area contributed by atoms with Crippen molar-refractivity contribution in [3.8, 4) is 0 Å². The summed E-state index contributed by atoms with van der Waals surface area (Å²) in [7, 11) is -2.73. The number of nitrogens with one attached hydrogen (secondary N) is 1. The molecule has 8 heteroatoms. The summed E-state index contributed by atoms with van der Waals surface area (Å²) in [4.78, 5) is 4.46. The van der Waals surface area contributed by atoms with E-state index in [4.69, 9.17) is 17.5 Å². The molecular weight excluding hydrogens is 252 g/mol. The van der Waals surface area contributed by atoms with Gasteiger partial charge in [0.1, 0.15) is 0 Å². The Morgan fingerprint density at radius 3 is 2.31 bits per heavy atom. The van der Waals surface area contributed by atoms with E-state index in [9.17, 15) is 0 Å². The standard InChI is InChI=1S/C8H14N2S.H2O4S/c1-6(2)8-10-7(4-9-3)5-11-8;1-5(2,3)4/h5-6,9H,4H2,1-3H3;(H2,1,2,3,4). The van der Waals surface area contributed by atoms with Gasteiger partial charge in [-0.3, -0.25) is 9.11 Å². The normalized spacial score (nSPS) is 11.1. The van der Waals surface area contributed by atoms with Gasteiger partial charge in [-0.1, -0.05) is 13.8 Å². The van der Waals surface area contributed by atoms with E-state index in [-0.39, 0.29) is 0 Å². The molecule has 0 fully saturated rings. The maximum Gasteiger partial charge on any atom is 0.394 e. The van der Waals surface area contributed by atoms with Crippen LogP contribution < -0.4 is 5.32 Å². The van der Waals surface area contributed by atoms with Crippen LogP contribution in [0, 0.1) is 0 Å². The molecule has 6 nitrogen and oxygen atoms in total. The lowest BCUT2D eigenvalue weighted by Crippen LogP contribution is -2.05. The minimum Gasteiger partial charge on any atom is -0.314 e. The van der Waals surface area contributed by atoms with Crippen molar-refractivity contribution in [2.45, 2.75) is 26.3 Å². The predicted octanol–water partition coefficient (Wildman–Crippen LogP) is 1.33. The van der Waals surface area contributed by atoms with Crippen LogP contribution in [0.5, 0.6) is 0 Å². The largest absolute Gasteiger partial charge is 0.394 e. The first-order chi connectivity index (χ1) is 7.24. The Bertz CT molecular complexity index is 392. The van der Waals surface area contributed by atoms with Gasteiger partial charge in [-0.2, -0.15) is 8.42 Å². The van der Waals surface area contributed by atoms with E-state index in [2.05, 4.69) is 29.5 Å². The highest BCUT2D eigenvalue weighted by molar-refractivity contribution is 7.79. The molecule has 0 aliphatic rings. The minimum atomic E-state index is -4.67. The fourth-order valence-electron chi connectivity index (χ4n) is 0.850. The lowest BCUT2D eigenvalue weighted by Gasteiger charge is -1.96. The fraction of sp³-hybridized carbons (Fsp3) is 0.625. The Labute approximate surface area is 99.3 Å². The van der Waals surface area contributed by atoms with E-state index >= 15 is 0 Å². The number of hydrogen-bond acceptors (Lipinski definition) is 5. The molecule has 0 bridgehead atoms. The molecule has 0 atom stereocenters. The number of thiazole rings is 1. The minimum absolute atomic E-state index is 0.561. The smallest absolute Gasteiger partial charge is 0.314 e. The van der Waals surface area contributed by atoms with Crippen molar-refractivity contribution in [2.75, 3.05) is 7.05 Å². The van der Waals surface area contributed by atoms with Crippen molar-refractivity contribution >= 4 is 21.7 Å². The molecule has 0 aromatic carbocycles. The first-order valence-electron chi connectivity index (χ1n) is 4.52. The molecule has 0 saturated heterocycles. The number of aromatic nitrogens is 1. The summed E-state index contributed by atoms with van der Waals surface area (Å²) in [5.41, 5.74) is 1.15. The van der Waals surface area contributed by atoms with Crippen molar-refractivity contribution in [1.82, 2.24) is 10.3 Å². The van der Waals surface area contributed by atoms with Crippen LogP contribution in [0.3, 0.4) is 0 Å². The molecule has 3 N–H and O–H groups in total. The number of rotatable bonds is 3. The van der Waals surface area contributed by atoms with Gasteiger partial charge in [0.15, 0.2) is 0 Å². The Morgan fingerprint density at radius 1 is 1.50 bits per heavy atom. The third kappa shape index (κ3) is 8.74. The van der Waals surface area contributed by atoms with Crippen molar-refractivity contribution in [3.05, 3.63) is 16.1 Å². The van der Waals surface area contributed by atoms with Gasteiger partial charge in [-0.15, -0.1) is 11.3 Å². The van der Waals surface area contributed by atoms with Gasteiger partial charge in [-0.25, -0.2) is 4.98 Å². The zero-order valence-electron chi connectivity index (χ0n) is 9.34. The zero-order chi connectivity index (χ0) is 12.8. The van der Waals surface area contributed by atoms with Crippen LogP contribution in [0.4, 0.5) is 0 Å². The average molecular weight is 268 g/mol. The molecule has 0 radical (unpaired) electrons. The second kappa shape index (κ2) is 6.92. The molecular formula is C8H16N2O4S2. The molecule has 16 heavy (non-hydrogen) atoms. The molecule has 0 spiro atoms.